The van der Waals surface area contributed by atoms with Crippen LogP contribution in [-0.2, 0) is 8.85 Å². The van der Waals surface area contributed by atoms with Crippen molar-refractivity contribution in [2.24, 2.45) is 0 Å². The predicted octanol–water partition coefficient (Wildman–Crippen LogP) is -3.84. The number of rotatable bonds is 7. The topological polar surface area (TPSA) is 18.5 Å². The molecule has 0 spiro atoms. The van der Waals surface area contributed by atoms with E-state index in [0.717, 1.165) is 6.42 Å². The van der Waals surface area contributed by atoms with Gasteiger partial charge in [-0.1, -0.05) is 47.6 Å². The molecule has 0 amide bonds. The van der Waals surface area contributed by atoms with Gasteiger partial charge in [-0.05, 0) is 42.7 Å². The maximum absolute atomic E-state index is 6.53. The zero-order valence-electron chi connectivity index (χ0n) is 17.8. The Bertz CT molecular complexity index is 356. The first-order chi connectivity index (χ1) is 9.59. The molecule has 0 bridgehead atoms. The van der Waals surface area contributed by atoms with Crippen LogP contribution in [-0.4, -0.2) is 51.9 Å². The zero-order chi connectivity index (χ0) is 16.3. The summed E-state index contributed by atoms with van der Waals surface area (Å²) >= 11 is 0. The van der Waals surface area contributed by atoms with Gasteiger partial charge in [0.15, 0.2) is 16.6 Å². The van der Waals surface area contributed by atoms with Crippen molar-refractivity contribution in [3.8, 4) is 0 Å². The molecule has 0 aromatic carbocycles. The van der Waals surface area contributed by atoms with E-state index in [0.29, 0.717) is 0 Å². The van der Waals surface area contributed by atoms with E-state index in [1.165, 1.54) is 18.1 Å². The van der Waals surface area contributed by atoms with Crippen LogP contribution in [0.4, 0.5) is 0 Å². The molecule has 0 fully saturated rings. The molecule has 0 aromatic rings. The van der Waals surface area contributed by atoms with Crippen LogP contribution in [0.1, 0.15) is 48.0 Å². The van der Waals surface area contributed by atoms with Crippen molar-refractivity contribution in [2.45, 2.75) is 96.4 Å². The average Bonchev–Trinajstić information content (AvgIpc) is 2.81. The van der Waals surface area contributed by atoms with Gasteiger partial charge in [-0.25, -0.2) is 6.08 Å². The van der Waals surface area contributed by atoms with Gasteiger partial charge in [-0.3, -0.25) is 0 Å². The van der Waals surface area contributed by atoms with E-state index >= 15 is 0 Å². The first-order valence-electron chi connectivity index (χ1n) is 8.54. The normalized spacial score (nSPS) is 20.0. The number of hydrogen-bond donors (Lipinski definition) is 0. The van der Waals surface area contributed by atoms with Crippen molar-refractivity contribution in [2.75, 3.05) is 0 Å². The second kappa shape index (κ2) is 14.1. The minimum atomic E-state index is -1.71. The van der Waals surface area contributed by atoms with Crippen molar-refractivity contribution >= 4 is 39.7 Å². The van der Waals surface area contributed by atoms with Crippen LogP contribution in [0.25, 0.3) is 0 Å². The second-order valence-corrected chi connectivity index (χ2v) is 17.3. The third-order valence-corrected chi connectivity index (χ3v) is 14.6. The van der Waals surface area contributed by atoms with Crippen LogP contribution >= 0.6 is 0 Å². The molecule has 0 saturated heterocycles. The molecule has 2 nitrogen and oxygen atoms in total. The van der Waals surface area contributed by atoms with Crippen molar-refractivity contribution in [1.82, 2.24) is 0 Å². The molecule has 0 unspecified atom stereocenters. The summed E-state index contributed by atoms with van der Waals surface area (Å²) in [6.07, 6.45) is 6.86. The molecule has 1 aliphatic carbocycles. The molecule has 0 heterocycles. The molecule has 25 heavy (non-hydrogen) atoms. The second-order valence-electron chi connectivity index (χ2n) is 7.84. The molecule has 0 aromatic heterocycles. The van der Waals surface area contributed by atoms with Gasteiger partial charge < -0.3 is 39.7 Å². The van der Waals surface area contributed by atoms with Crippen LogP contribution in [0.5, 0.6) is 0 Å². The first kappa shape index (κ1) is 34.5. The molecular formula is C17H35Cl2LiMgO2Si2. The fraction of sp³-hybridized carbons (Fsp3) is 0.882. The van der Waals surface area contributed by atoms with Crippen molar-refractivity contribution < 1.29 is 52.5 Å². The number of hydrogen-bond acceptors (Lipinski definition) is 2. The molecule has 0 aliphatic heterocycles. The minimum absolute atomic E-state index is 0. The summed E-state index contributed by atoms with van der Waals surface area (Å²) in [5.41, 5.74) is 0. The van der Waals surface area contributed by atoms with Crippen molar-refractivity contribution in [1.29, 1.82) is 0 Å². The summed E-state index contributed by atoms with van der Waals surface area (Å²) in [5, 5.41) is 0.252. The van der Waals surface area contributed by atoms with E-state index in [-0.39, 0.29) is 84.0 Å². The first-order valence-corrected chi connectivity index (χ1v) is 14.0. The molecule has 8 heteroatoms. The van der Waals surface area contributed by atoms with E-state index in [1.807, 2.05) is 0 Å². The van der Waals surface area contributed by atoms with Gasteiger partial charge in [-0.15, -0.1) is 0 Å². The van der Waals surface area contributed by atoms with Gasteiger partial charge in [0, 0.05) is 6.10 Å². The summed E-state index contributed by atoms with van der Waals surface area (Å²) in [7, 11) is -3.23. The SMILES string of the molecule is CC[Si](CC)(CC)O[C@H]1C=[C-][C@@H](O[Si](C)(C)C(C)(C)C)C1.[Cl-].[Cl-].[Li+].[Mg+2]. The van der Waals surface area contributed by atoms with Gasteiger partial charge in [0.2, 0.25) is 0 Å². The van der Waals surface area contributed by atoms with E-state index in [1.54, 1.807) is 0 Å². The van der Waals surface area contributed by atoms with Crippen LogP contribution in [0.2, 0.25) is 36.3 Å². The maximum Gasteiger partial charge on any atom is 2.00 e. The van der Waals surface area contributed by atoms with Crippen LogP contribution < -0.4 is 43.7 Å². The fourth-order valence-corrected chi connectivity index (χ4v) is 6.62. The fourth-order valence-electron chi connectivity index (χ4n) is 2.58. The molecule has 0 radical (unpaired) electrons. The molecule has 0 N–H and O–H groups in total. The molecule has 140 valence electrons. The largest absolute Gasteiger partial charge is 2.00 e. The summed E-state index contributed by atoms with van der Waals surface area (Å²) in [4.78, 5) is 0. The molecular weight excluding hydrogens is 395 g/mol. The standard InChI is InChI=1S/C17H35O2Si2.2ClH.Li.Mg/c1-9-21(10-2,11-3)19-16-13-12-15(14-16)18-20(7,8)17(4,5)6;;;;/h13,15-16H,9-11,14H2,1-8H3;2*1H;;/q-1;;;+1;+2/p-2/t15-,16+;;;;/m1..../s1. The Morgan fingerprint density at radius 1 is 1.00 bits per heavy atom. The van der Waals surface area contributed by atoms with Gasteiger partial charge in [0.1, 0.15) is 0 Å². The Balaban J connectivity index is -0.000000551. The Morgan fingerprint density at radius 2 is 1.44 bits per heavy atom. The van der Waals surface area contributed by atoms with Crippen LogP contribution in [0.3, 0.4) is 0 Å². The summed E-state index contributed by atoms with van der Waals surface area (Å²) < 4.78 is 13.0. The Morgan fingerprint density at radius 3 is 1.80 bits per heavy atom. The summed E-state index contributed by atoms with van der Waals surface area (Å²) in [6.45, 7) is 18.3. The maximum atomic E-state index is 6.53. The number of halogens is 2. The van der Waals surface area contributed by atoms with Crippen LogP contribution in [0.15, 0.2) is 6.08 Å². The van der Waals surface area contributed by atoms with E-state index in [4.69, 9.17) is 8.85 Å². The molecule has 1 rings (SSSR count). The average molecular weight is 430 g/mol. The third-order valence-electron chi connectivity index (χ3n) is 5.49. The van der Waals surface area contributed by atoms with Crippen LogP contribution in [0, 0.1) is 6.08 Å². The minimum Gasteiger partial charge on any atom is -1.00 e. The Hall–Kier alpha value is 2.04. The van der Waals surface area contributed by atoms with Crippen molar-refractivity contribution in [3.05, 3.63) is 12.2 Å². The smallest absolute Gasteiger partial charge is 1.00 e. The van der Waals surface area contributed by atoms with Gasteiger partial charge in [-0.2, -0.15) is 0 Å². The Labute approximate surface area is 199 Å². The van der Waals surface area contributed by atoms with Gasteiger partial charge in [0.05, 0.1) is 0 Å². The molecule has 1 aliphatic rings. The third kappa shape index (κ3) is 9.87. The summed E-state index contributed by atoms with van der Waals surface area (Å²) in [5.74, 6) is 0. The Kier molecular flexibility index (Phi) is 19.5. The predicted molar refractivity (Wildman–Crippen MR) is 102 cm³/mol. The van der Waals surface area contributed by atoms with Gasteiger partial charge >= 0.3 is 41.9 Å². The monoisotopic (exact) mass is 428 g/mol. The van der Waals surface area contributed by atoms with E-state index < -0.39 is 16.6 Å². The van der Waals surface area contributed by atoms with Gasteiger partial charge in [0.25, 0.3) is 0 Å². The molecule has 2 atom stereocenters. The quantitative estimate of drug-likeness (QED) is 0.305. The van der Waals surface area contributed by atoms with E-state index in [9.17, 15) is 0 Å². The zero-order valence-corrected chi connectivity index (χ0v) is 22.8. The molecule has 0 saturated carbocycles. The summed E-state index contributed by atoms with van der Waals surface area (Å²) in [6, 6.07) is 3.62. The van der Waals surface area contributed by atoms with Crippen molar-refractivity contribution in [3.63, 3.8) is 0 Å². The van der Waals surface area contributed by atoms with E-state index in [2.05, 4.69) is 66.8 Å².